The van der Waals surface area contributed by atoms with E-state index < -0.39 is 0 Å². The SMILES string of the molecule is COc1cc(COc2cc(C)cc(C)c2)ccc1C(N)=S. The monoisotopic (exact) mass is 301 g/mol. The van der Waals surface area contributed by atoms with Crippen LogP contribution < -0.4 is 15.2 Å². The molecule has 0 aromatic heterocycles. The molecule has 2 aromatic carbocycles. The van der Waals surface area contributed by atoms with Crippen LogP contribution in [-0.4, -0.2) is 12.1 Å². The zero-order valence-corrected chi connectivity index (χ0v) is 13.3. The van der Waals surface area contributed by atoms with Gasteiger partial charge in [0.05, 0.1) is 12.7 Å². The standard InChI is InChI=1S/C17H19NO2S/c1-11-6-12(2)8-14(7-11)20-10-13-4-5-15(17(18)21)16(9-13)19-3/h4-9H,10H2,1-3H3,(H2,18,21). The van der Waals surface area contributed by atoms with Gasteiger partial charge in [-0.1, -0.05) is 24.4 Å². The molecule has 2 N–H and O–H groups in total. The van der Waals surface area contributed by atoms with Gasteiger partial charge >= 0.3 is 0 Å². The van der Waals surface area contributed by atoms with Crippen molar-refractivity contribution in [1.82, 2.24) is 0 Å². The van der Waals surface area contributed by atoms with Crippen LogP contribution in [0, 0.1) is 13.8 Å². The van der Waals surface area contributed by atoms with Crippen molar-refractivity contribution in [2.45, 2.75) is 20.5 Å². The Morgan fingerprint density at radius 2 is 1.76 bits per heavy atom. The van der Waals surface area contributed by atoms with Gasteiger partial charge in [0.2, 0.25) is 0 Å². The summed E-state index contributed by atoms with van der Waals surface area (Å²) in [6.45, 7) is 4.58. The van der Waals surface area contributed by atoms with Crippen molar-refractivity contribution in [3.8, 4) is 11.5 Å². The van der Waals surface area contributed by atoms with Gasteiger partial charge in [-0.05, 0) is 54.8 Å². The molecule has 21 heavy (non-hydrogen) atoms. The highest BCUT2D eigenvalue weighted by Crippen LogP contribution is 2.22. The summed E-state index contributed by atoms with van der Waals surface area (Å²) in [7, 11) is 1.60. The summed E-state index contributed by atoms with van der Waals surface area (Å²) in [5.41, 5.74) is 9.78. The van der Waals surface area contributed by atoms with Gasteiger partial charge in [-0.15, -0.1) is 0 Å². The van der Waals surface area contributed by atoms with Crippen LogP contribution in [0.2, 0.25) is 0 Å². The van der Waals surface area contributed by atoms with E-state index in [9.17, 15) is 0 Å². The fraction of sp³-hybridized carbons (Fsp3) is 0.235. The van der Waals surface area contributed by atoms with E-state index in [0.717, 1.165) is 16.9 Å². The Morgan fingerprint density at radius 3 is 2.33 bits per heavy atom. The lowest BCUT2D eigenvalue weighted by molar-refractivity contribution is 0.305. The summed E-state index contributed by atoms with van der Waals surface area (Å²) in [6, 6.07) is 11.9. The van der Waals surface area contributed by atoms with Gasteiger partial charge in [0.25, 0.3) is 0 Å². The minimum atomic E-state index is 0.327. The van der Waals surface area contributed by atoms with E-state index in [4.69, 9.17) is 27.4 Å². The van der Waals surface area contributed by atoms with Gasteiger partial charge in [0, 0.05) is 0 Å². The van der Waals surface area contributed by atoms with Crippen LogP contribution in [0.3, 0.4) is 0 Å². The highest BCUT2D eigenvalue weighted by atomic mass is 32.1. The molecule has 2 aromatic rings. The van der Waals surface area contributed by atoms with E-state index in [1.165, 1.54) is 11.1 Å². The van der Waals surface area contributed by atoms with E-state index in [1.807, 2.05) is 30.3 Å². The maximum atomic E-state index is 5.83. The highest BCUT2D eigenvalue weighted by molar-refractivity contribution is 7.80. The molecule has 0 aliphatic carbocycles. The first-order valence-electron chi connectivity index (χ1n) is 6.67. The first-order valence-corrected chi connectivity index (χ1v) is 7.08. The van der Waals surface area contributed by atoms with Crippen molar-refractivity contribution in [3.63, 3.8) is 0 Å². The van der Waals surface area contributed by atoms with Gasteiger partial charge < -0.3 is 15.2 Å². The molecule has 0 unspecified atom stereocenters. The average Bonchev–Trinajstić information content (AvgIpc) is 2.43. The highest BCUT2D eigenvalue weighted by Gasteiger charge is 2.07. The van der Waals surface area contributed by atoms with Crippen molar-refractivity contribution in [3.05, 3.63) is 58.7 Å². The number of methoxy groups -OCH3 is 1. The van der Waals surface area contributed by atoms with Crippen LogP contribution in [0.5, 0.6) is 11.5 Å². The van der Waals surface area contributed by atoms with Crippen LogP contribution >= 0.6 is 12.2 Å². The number of thiocarbonyl (C=S) groups is 1. The number of rotatable bonds is 5. The summed E-state index contributed by atoms with van der Waals surface area (Å²) in [5.74, 6) is 1.54. The Hall–Kier alpha value is -2.07. The summed E-state index contributed by atoms with van der Waals surface area (Å²) in [4.78, 5) is 0.327. The predicted octanol–water partition coefficient (Wildman–Crippen LogP) is 3.53. The Bertz CT molecular complexity index is 648. The Labute approximate surface area is 130 Å². The van der Waals surface area contributed by atoms with Gasteiger partial charge in [-0.3, -0.25) is 0 Å². The first kappa shape index (κ1) is 15.3. The van der Waals surface area contributed by atoms with Crippen molar-refractivity contribution >= 4 is 17.2 Å². The van der Waals surface area contributed by atoms with Crippen molar-refractivity contribution in [2.75, 3.05) is 7.11 Å². The molecule has 2 rings (SSSR count). The summed E-state index contributed by atoms with van der Waals surface area (Å²) in [5, 5.41) is 0. The van der Waals surface area contributed by atoms with E-state index in [1.54, 1.807) is 7.11 Å². The van der Waals surface area contributed by atoms with Crippen LogP contribution in [0.4, 0.5) is 0 Å². The third-order valence-electron chi connectivity index (χ3n) is 3.13. The Kier molecular flexibility index (Phi) is 4.81. The first-order chi connectivity index (χ1) is 9.99. The van der Waals surface area contributed by atoms with E-state index in [-0.39, 0.29) is 0 Å². The molecular weight excluding hydrogens is 282 g/mol. The molecule has 4 heteroatoms. The molecule has 0 heterocycles. The molecule has 0 aliphatic rings. The summed E-state index contributed by atoms with van der Waals surface area (Å²) in [6.07, 6.45) is 0. The second-order valence-corrected chi connectivity index (χ2v) is 5.45. The maximum absolute atomic E-state index is 5.83. The smallest absolute Gasteiger partial charge is 0.129 e. The molecule has 0 aliphatic heterocycles. The number of ether oxygens (including phenoxy) is 2. The number of nitrogens with two attached hydrogens (primary N) is 1. The quantitative estimate of drug-likeness (QED) is 0.858. The fourth-order valence-electron chi connectivity index (χ4n) is 2.21. The van der Waals surface area contributed by atoms with Gasteiger partial charge in [-0.25, -0.2) is 0 Å². The normalized spacial score (nSPS) is 10.2. The molecule has 0 fully saturated rings. The van der Waals surface area contributed by atoms with E-state index in [2.05, 4.69) is 19.9 Å². The minimum absolute atomic E-state index is 0.327. The number of benzene rings is 2. The van der Waals surface area contributed by atoms with Crippen molar-refractivity contribution in [1.29, 1.82) is 0 Å². The van der Waals surface area contributed by atoms with Crippen LogP contribution in [0.25, 0.3) is 0 Å². The number of aryl methyl sites for hydroxylation is 2. The average molecular weight is 301 g/mol. The fourth-order valence-corrected chi connectivity index (χ4v) is 2.38. The molecule has 110 valence electrons. The van der Waals surface area contributed by atoms with E-state index >= 15 is 0 Å². The zero-order valence-electron chi connectivity index (χ0n) is 12.5. The second-order valence-electron chi connectivity index (χ2n) is 5.01. The van der Waals surface area contributed by atoms with Crippen LogP contribution in [0.15, 0.2) is 36.4 Å². The lowest BCUT2D eigenvalue weighted by Gasteiger charge is -2.11. The largest absolute Gasteiger partial charge is 0.496 e. The van der Waals surface area contributed by atoms with Gasteiger partial charge in [0.15, 0.2) is 0 Å². The Morgan fingerprint density at radius 1 is 1.10 bits per heavy atom. The third kappa shape index (κ3) is 3.95. The molecule has 0 atom stereocenters. The molecule has 0 saturated carbocycles. The van der Waals surface area contributed by atoms with E-state index in [0.29, 0.717) is 17.3 Å². The summed E-state index contributed by atoms with van der Waals surface area (Å²) < 4.78 is 11.1. The van der Waals surface area contributed by atoms with Crippen molar-refractivity contribution in [2.24, 2.45) is 5.73 Å². The second kappa shape index (κ2) is 6.59. The maximum Gasteiger partial charge on any atom is 0.129 e. The molecule has 0 bridgehead atoms. The summed E-state index contributed by atoms with van der Waals surface area (Å²) >= 11 is 5.00. The van der Waals surface area contributed by atoms with Crippen LogP contribution in [0.1, 0.15) is 22.3 Å². The lowest BCUT2D eigenvalue weighted by atomic mass is 10.1. The number of hydrogen-bond donors (Lipinski definition) is 1. The Balaban J connectivity index is 2.14. The molecule has 0 spiro atoms. The zero-order chi connectivity index (χ0) is 15.4. The molecule has 0 amide bonds. The molecule has 0 saturated heterocycles. The third-order valence-corrected chi connectivity index (χ3v) is 3.35. The van der Waals surface area contributed by atoms with Gasteiger partial charge in [-0.2, -0.15) is 0 Å². The predicted molar refractivity (Wildman–Crippen MR) is 89.1 cm³/mol. The minimum Gasteiger partial charge on any atom is -0.496 e. The topological polar surface area (TPSA) is 44.5 Å². The molecular formula is C17H19NO2S. The molecule has 0 radical (unpaired) electrons. The van der Waals surface area contributed by atoms with Gasteiger partial charge in [0.1, 0.15) is 23.1 Å². The van der Waals surface area contributed by atoms with Crippen molar-refractivity contribution < 1.29 is 9.47 Å². The molecule has 3 nitrogen and oxygen atoms in total. The van der Waals surface area contributed by atoms with Crippen LogP contribution in [-0.2, 0) is 6.61 Å². The number of hydrogen-bond acceptors (Lipinski definition) is 3. The lowest BCUT2D eigenvalue weighted by Crippen LogP contribution is -2.11.